The second-order valence-corrected chi connectivity index (χ2v) is 6.64. The Morgan fingerprint density at radius 2 is 2.07 bits per heavy atom. The summed E-state index contributed by atoms with van der Waals surface area (Å²) in [6, 6.07) is 7.17. The van der Waals surface area contributed by atoms with Crippen LogP contribution in [-0.4, -0.2) is 35.2 Å². The zero-order chi connectivity index (χ0) is 18.7. The van der Waals surface area contributed by atoms with Gasteiger partial charge in [-0.1, -0.05) is 12.1 Å². The van der Waals surface area contributed by atoms with Crippen molar-refractivity contribution in [2.75, 3.05) is 18.5 Å². The van der Waals surface area contributed by atoms with Gasteiger partial charge >= 0.3 is 0 Å². The van der Waals surface area contributed by atoms with Crippen LogP contribution >= 0.6 is 12.4 Å². The van der Waals surface area contributed by atoms with E-state index in [9.17, 15) is 9.59 Å². The minimum Gasteiger partial charge on any atom is -0.348 e. The molecule has 1 saturated heterocycles. The van der Waals surface area contributed by atoms with Gasteiger partial charge in [0.2, 0.25) is 11.8 Å². The molecule has 2 aromatic rings. The standard InChI is InChI=1S/C19H25N5O2.ClH/c1-13(22-19(26)18(20-2)15-11-21-23(3)12-15)14-6-4-7-16(10-14)24-9-5-8-17(24)25;/h4,6-7,10-13,18,20H,5,8-9H2,1-3H3,(H,22,26);1H. The number of amides is 2. The van der Waals surface area contributed by atoms with Gasteiger partial charge in [-0.15, -0.1) is 12.4 Å². The SMILES string of the molecule is CNC(C(=O)NC(C)c1cccc(N2CCCC2=O)c1)c1cnn(C)c1.Cl. The summed E-state index contributed by atoms with van der Waals surface area (Å²) in [4.78, 5) is 26.5. The average molecular weight is 392 g/mol. The van der Waals surface area contributed by atoms with E-state index in [0.29, 0.717) is 6.42 Å². The highest BCUT2D eigenvalue weighted by molar-refractivity contribution is 5.95. The van der Waals surface area contributed by atoms with Crippen LogP contribution in [0.1, 0.15) is 43.0 Å². The minimum absolute atomic E-state index is 0. The highest BCUT2D eigenvalue weighted by atomic mass is 35.5. The molecule has 2 amide bonds. The van der Waals surface area contributed by atoms with Crippen molar-refractivity contribution in [1.82, 2.24) is 20.4 Å². The molecule has 2 heterocycles. The number of aryl methyl sites for hydroxylation is 1. The molecule has 0 spiro atoms. The Balaban J connectivity index is 0.00000261. The van der Waals surface area contributed by atoms with E-state index in [2.05, 4.69) is 15.7 Å². The predicted molar refractivity (Wildman–Crippen MR) is 107 cm³/mol. The molecular formula is C19H26ClN5O2. The second kappa shape index (κ2) is 9.01. The average Bonchev–Trinajstić information content (AvgIpc) is 3.24. The molecular weight excluding hydrogens is 366 g/mol. The number of anilines is 1. The quantitative estimate of drug-likeness (QED) is 0.790. The third kappa shape index (κ3) is 4.67. The minimum atomic E-state index is -0.463. The van der Waals surface area contributed by atoms with E-state index in [1.54, 1.807) is 17.9 Å². The molecule has 146 valence electrons. The molecule has 0 aliphatic carbocycles. The van der Waals surface area contributed by atoms with E-state index in [1.807, 2.05) is 49.3 Å². The van der Waals surface area contributed by atoms with Crippen LogP contribution in [-0.2, 0) is 16.6 Å². The fourth-order valence-electron chi connectivity index (χ4n) is 3.30. The lowest BCUT2D eigenvalue weighted by Crippen LogP contribution is -2.37. The van der Waals surface area contributed by atoms with Crippen LogP contribution in [0.15, 0.2) is 36.7 Å². The molecule has 3 rings (SSSR count). The Morgan fingerprint density at radius 3 is 2.67 bits per heavy atom. The first-order chi connectivity index (χ1) is 12.5. The first-order valence-corrected chi connectivity index (χ1v) is 8.86. The number of benzene rings is 1. The first-order valence-electron chi connectivity index (χ1n) is 8.86. The summed E-state index contributed by atoms with van der Waals surface area (Å²) in [5.74, 6) is 0.0429. The van der Waals surface area contributed by atoms with Gasteiger partial charge in [-0.05, 0) is 38.1 Å². The van der Waals surface area contributed by atoms with Gasteiger partial charge in [0.05, 0.1) is 12.2 Å². The van der Waals surface area contributed by atoms with Crippen LogP contribution in [0.25, 0.3) is 0 Å². The molecule has 0 radical (unpaired) electrons. The van der Waals surface area contributed by atoms with E-state index in [-0.39, 0.29) is 30.3 Å². The normalized spacial score (nSPS) is 16.0. The molecule has 1 aromatic carbocycles. The van der Waals surface area contributed by atoms with Crippen LogP contribution in [0.4, 0.5) is 5.69 Å². The van der Waals surface area contributed by atoms with Gasteiger partial charge < -0.3 is 15.5 Å². The number of nitrogens with one attached hydrogen (secondary N) is 2. The van der Waals surface area contributed by atoms with Gasteiger partial charge in [-0.3, -0.25) is 14.3 Å². The monoisotopic (exact) mass is 391 g/mol. The van der Waals surface area contributed by atoms with Gasteiger partial charge in [0.1, 0.15) is 6.04 Å². The number of hydrogen-bond acceptors (Lipinski definition) is 4. The number of aromatic nitrogens is 2. The molecule has 1 fully saturated rings. The number of carbonyl (C=O) groups excluding carboxylic acids is 2. The molecule has 1 aliphatic heterocycles. The van der Waals surface area contributed by atoms with Crippen LogP contribution < -0.4 is 15.5 Å². The van der Waals surface area contributed by atoms with E-state index >= 15 is 0 Å². The molecule has 7 nitrogen and oxygen atoms in total. The molecule has 2 unspecified atom stereocenters. The summed E-state index contributed by atoms with van der Waals surface area (Å²) in [5, 5.41) is 10.2. The fraction of sp³-hybridized carbons (Fsp3) is 0.421. The van der Waals surface area contributed by atoms with Gasteiger partial charge in [0.25, 0.3) is 0 Å². The molecule has 1 aromatic heterocycles. The van der Waals surface area contributed by atoms with Crippen LogP contribution in [0.5, 0.6) is 0 Å². The smallest absolute Gasteiger partial charge is 0.242 e. The maximum absolute atomic E-state index is 12.7. The number of likely N-dealkylation sites (N-methyl/N-ethyl adjacent to an activating group) is 1. The predicted octanol–water partition coefficient (Wildman–Crippen LogP) is 2.11. The first kappa shape index (κ1) is 20.9. The van der Waals surface area contributed by atoms with Crippen LogP contribution in [0, 0.1) is 0 Å². The topological polar surface area (TPSA) is 79.3 Å². The Labute approximate surface area is 165 Å². The van der Waals surface area contributed by atoms with Gasteiger partial charge in [-0.25, -0.2) is 0 Å². The van der Waals surface area contributed by atoms with Crippen molar-refractivity contribution >= 4 is 29.9 Å². The van der Waals surface area contributed by atoms with Crippen LogP contribution in [0.3, 0.4) is 0 Å². The van der Waals surface area contributed by atoms with Crippen molar-refractivity contribution in [2.45, 2.75) is 31.8 Å². The summed E-state index contributed by atoms with van der Waals surface area (Å²) in [6.07, 6.45) is 5.01. The second-order valence-electron chi connectivity index (χ2n) is 6.64. The molecule has 0 bridgehead atoms. The highest BCUT2D eigenvalue weighted by Gasteiger charge is 2.24. The van der Waals surface area contributed by atoms with E-state index in [4.69, 9.17) is 0 Å². The third-order valence-electron chi connectivity index (χ3n) is 4.72. The maximum atomic E-state index is 12.7. The number of hydrogen-bond donors (Lipinski definition) is 2. The summed E-state index contributed by atoms with van der Waals surface area (Å²) in [6.45, 7) is 2.70. The number of nitrogens with zero attached hydrogens (tertiary/aromatic N) is 3. The zero-order valence-electron chi connectivity index (χ0n) is 15.8. The Hall–Kier alpha value is -2.38. The summed E-state index contributed by atoms with van der Waals surface area (Å²) < 4.78 is 1.67. The van der Waals surface area contributed by atoms with E-state index in [0.717, 1.165) is 29.8 Å². The van der Waals surface area contributed by atoms with Crippen molar-refractivity contribution in [3.05, 3.63) is 47.8 Å². The number of rotatable bonds is 6. The summed E-state index contributed by atoms with van der Waals surface area (Å²) in [7, 11) is 3.57. The lowest BCUT2D eigenvalue weighted by Gasteiger charge is -2.21. The molecule has 1 aliphatic rings. The third-order valence-corrected chi connectivity index (χ3v) is 4.72. The van der Waals surface area contributed by atoms with Crippen molar-refractivity contribution in [3.8, 4) is 0 Å². The highest BCUT2D eigenvalue weighted by Crippen LogP contribution is 2.25. The van der Waals surface area contributed by atoms with Crippen molar-refractivity contribution in [1.29, 1.82) is 0 Å². The lowest BCUT2D eigenvalue weighted by molar-refractivity contribution is -0.123. The maximum Gasteiger partial charge on any atom is 0.242 e. The van der Waals surface area contributed by atoms with E-state index in [1.165, 1.54) is 0 Å². The van der Waals surface area contributed by atoms with Gasteiger partial charge in [-0.2, -0.15) is 5.10 Å². The van der Waals surface area contributed by atoms with E-state index < -0.39 is 6.04 Å². The lowest BCUT2D eigenvalue weighted by atomic mass is 10.1. The summed E-state index contributed by atoms with van der Waals surface area (Å²) >= 11 is 0. The Kier molecular flexibility index (Phi) is 6.98. The zero-order valence-corrected chi connectivity index (χ0v) is 16.6. The summed E-state index contributed by atoms with van der Waals surface area (Å²) in [5.41, 5.74) is 2.68. The van der Waals surface area contributed by atoms with Crippen molar-refractivity contribution in [3.63, 3.8) is 0 Å². The fourth-order valence-corrected chi connectivity index (χ4v) is 3.30. The largest absolute Gasteiger partial charge is 0.348 e. The molecule has 2 atom stereocenters. The van der Waals surface area contributed by atoms with Crippen molar-refractivity contribution < 1.29 is 9.59 Å². The molecule has 27 heavy (non-hydrogen) atoms. The Bertz CT molecular complexity index is 807. The number of halogens is 1. The van der Waals surface area contributed by atoms with Crippen molar-refractivity contribution in [2.24, 2.45) is 7.05 Å². The van der Waals surface area contributed by atoms with Gasteiger partial charge in [0, 0.05) is 37.5 Å². The van der Waals surface area contributed by atoms with Gasteiger partial charge in [0.15, 0.2) is 0 Å². The molecule has 0 saturated carbocycles. The molecule has 2 N–H and O–H groups in total. The molecule has 8 heteroatoms. The Morgan fingerprint density at radius 1 is 1.30 bits per heavy atom. The number of carbonyl (C=O) groups is 2. The van der Waals surface area contributed by atoms with Crippen LogP contribution in [0.2, 0.25) is 0 Å².